The molecule has 0 aliphatic carbocycles. The highest BCUT2D eigenvalue weighted by molar-refractivity contribution is 7.98. The molecule has 1 saturated heterocycles. The van der Waals surface area contributed by atoms with Crippen LogP contribution >= 0.6 is 23.5 Å². The van der Waals surface area contributed by atoms with E-state index in [0.717, 1.165) is 73.9 Å². The molecule has 2 aromatic rings. The molecule has 1 fully saturated rings. The maximum atomic E-state index is 5.84. The second-order valence-corrected chi connectivity index (χ2v) is 8.45. The van der Waals surface area contributed by atoms with Gasteiger partial charge in [0.1, 0.15) is 11.5 Å². The van der Waals surface area contributed by atoms with Crippen molar-refractivity contribution in [1.29, 1.82) is 0 Å². The molecule has 0 spiro atoms. The van der Waals surface area contributed by atoms with Crippen molar-refractivity contribution in [2.45, 2.75) is 12.3 Å². The van der Waals surface area contributed by atoms with E-state index in [-0.39, 0.29) is 0 Å². The smallest absolute Gasteiger partial charge is 0.187 e. The Morgan fingerprint density at radius 2 is 1.96 bits per heavy atom. The molecule has 0 saturated carbocycles. The van der Waals surface area contributed by atoms with Gasteiger partial charge in [0, 0.05) is 38.5 Å². The zero-order chi connectivity index (χ0) is 18.4. The van der Waals surface area contributed by atoms with Crippen molar-refractivity contribution in [3.8, 4) is 0 Å². The maximum Gasteiger partial charge on any atom is 0.187 e. The Labute approximate surface area is 164 Å². The van der Waals surface area contributed by atoms with Crippen molar-refractivity contribution < 1.29 is 4.42 Å². The van der Waals surface area contributed by atoms with Crippen LogP contribution < -0.4 is 10.2 Å². The van der Waals surface area contributed by atoms with Crippen LogP contribution in [0.1, 0.15) is 11.5 Å². The predicted molar refractivity (Wildman–Crippen MR) is 110 cm³/mol. The van der Waals surface area contributed by atoms with Crippen molar-refractivity contribution in [2.75, 3.05) is 69.8 Å². The summed E-state index contributed by atoms with van der Waals surface area (Å²) in [5, 5.41) is 3.44. The van der Waals surface area contributed by atoms with Gasteiger partial charge < -0.3 is 24.4 Å². The Morgan fingerprint density at radius 1 is 1.19 bits per heavy atom. The Balaban J connectivity index is 1.38. The minimum absolute atomic E-state index is 0.845. The molecule has 0 unspecified atom stereocenters. The molecule has 3 heterocycles. The summed E-state index contributed by atoms with van der Waals surface area (Å²) in [5.74, 6) is 5.90. The highest BCUT2D eigenvalue weighted by atomic mass is 32.2. The van der Waals surface area contributed by atoms with E-state index in [9.17, 15) is 0 Å². The largest absolute Gasteiger partial charge is 0.464 e. The fraction of sp³-hybridized carbons (Fsp3) is 0.647. The summed E-state index contributed by atoms with van der Waals surface area (Å²) in [6, 6.07) is 4.15. The lowest BCUT2D eigenvalue weighted by atomic mass is 10.3. The van der Waals surface area contributed by atoms with Crippen LogP contribution in [-0.4, -0.2) is 78.2 Å². The second kappa shape index (κ2) is 9.59. The van der Waals surface area contributed by atoms with E-state index >= 15 is 0 Å². The average Bonchev–Trinajstić information content (AvgIpc) is 3.24. The van der Waals surface area contributed by atoms with Crippen LogP contribution in [-0.2, 0) is 12.3 Å². The van der Waals surface area contributed by atoms with Crippen LogP contribution in [0.5, 0.6) is 0 Å². The summed E-state index contributed by atoms with van der Waals surface area (Å²) in [6.45, 7) is 5.90. The van der Waals surface area contributed by atoms with Crippen molar-refractivity contribution in [1.82, 2.24) is 18.5 Å². The van der Waals surface area contributed by atoms with Gasteiger partial charge in [-0.3, -0.25) is 0 Å². The first-order valence-corrected chi connectivity index (χ1v) is 10.8. The van der Waals surface area contributed by atoms with E-state index in [2.05, 4.69) is 47.9 Å². The maximum absolute atomic E-state index is 5.84. The Hall–Kier alpha value is -1.29. The number of thioether (sulfide) groups is 1. The predicted octanol–water partition coefficient (Wildman–Crippen LogP) is 2.29. The number of piperazine rings is 1. The zero-order valence-electron chi connectivity index (χ0n) is 15.8. The van der Waals surface area contributed by atoms with Gasteiger partial charge in [0.05, 0.1) is 24.0 Å². The summed E-state index contributed by atoms with van der Waals surface area (Å²) in [6.07, 6.45) is 0. The summed E-state index contributed by atoms with van der Waals surface area (Å²) < 4.78 is 14.8. The normalized spacial score (nSPS) is 15.8. The van der Waals surface area contributed by atoms with Gasteiger partial charge in [-0.25, -0.2) is 0 Å². The Kier molecular flexibility index (Phi) is 7.18. The minimum Gasteiger partial charge on any atom is -0.464 e. The lowest BCUT2D eigenvalue weighted by Crippen LogP contribution is -2.44. The first-order valence-electron chi connectivity index (χ1n) is 8.92. The van der Waals surface area contributed by atoms with Gasteiger partial charge in [-0.1, -0.05) is 0 Å². The van der Waals surface area contributed by atoms with E-state index < -0.39 is 0 Å². The third kappa shape index (κ3) is 5.60. The first kappa shape index (κ1) is 19.5. The molecule has 0 aromatic carbocycles. The molecule has 144 valence electrons. The third-order valence-corrected chi connectivity index (χ3v) is 5.75. The van der Waals surface area contributed by atoms with Crippen LogP contribution in [0, 0.1) is 0 Å². The highest BCUT2D eigenvalue weighted by Crippen LogP contribution is 2.24. The molecule has 0 radical (unpaired) electrons. The molecule has 9 heteroatoms. The molecule has 1 aliphatic heterocycles. The third-order valence-electron chi connectivity index (χ3n) is 4.25. The van der Waals surface area contributed by atoms with E-state index in [4.69, 9.17) is 4.42 Å². The number of anilines is 2. The molecule has 0 bridgehead atoms. The monoisotopic (exact) mass is 396 g/mol. The minimum atomic E-state index is 0.845. The standard InChI is InChI=1S/C17H28N6OS2/c1-21(2)12-14-4-5-15(24-14)13-25-11-6-18-16-17(20-26-19-16)23-9-7-22(3)8-10-23/h4-5H,6-13H2,1-3H3,(H,18,19). The Morgan fingerprint density at radius 3 is 2.73 bits per heavy atom. The van der Waals surface area contributed by atoms with Gasteiger partial charge >= 0.3 is 0 Å². The summed E-state index contributed by atoms with van der Waals surface area (Å²) in [7, 11) is 6.26. The lowest BCUT2D eigenvalue weighted by molar-refractivity contribution is 0.312. The lowest BCUT2D eigenvalue weighted by Gasteiger charge is -2.32. The number of hydrogen-bond acceptors (Lipinski definition) is 9. The van der Waals surface area contributed by atoms with Gasteiger partial charge in [0.2, 0.25) is 0 Å². The number of nitrogens with one attached hydrogen (secondary N) is 1. The van der Waals surface area contributed by atoms with Crippen LogP contribution in [0.2, 0.25) is 0 Å². The molecule has 0 atom stereocenters. The number of rotatable bonds is 9. The van der Waals surface area contributed by atoms with E-state index in [1.807, 2.05) is 25.9 Å². The molecular formula is C17H28N6OS2. The van der Waals surface area contributed by atoms with Crippen LogP contribution in [0.4, 0.5) is 11.6 Å². The number of furan rings is 1. The van der Waals surface area contributed by atoms with E-state index in [0.29, 0.717) is 0 Å². The highest BCUT2D eigenvalue weighted by Gasteiger charge is 2.20. The number of nitrogens with zero attached hydrogens (tertiary/aromatic N) is 5. The average molecular weight is 397 g/mol. The topological polar surface area (TPSA) is 60.7 Å². The van der Waals surface area contributed by atoms with E-state index in [1.54, 1.807) is 0 Å². The molecule has 1 aliphatic rings. The fourth-order valence-corrected chi connectivity index (χ4v) is 4.13. The molecule has 3 rings (SSSR count). The quantitative estimate of drug-likeness (QED) is 0.648. The number of likely N-dealkylation sites (N-methyl/N-ethyl adjacent to an activating group) is 1. The van der Waals surface area contributed by atoms with Crippen molar-refractivity contribution in [3.63, 3.8) is 0 Å². The number of aromatic nitrogens is 2. The molecule has 7 nitrogen and oxygen atoms in total. The van der Waals surface area contributed by atoms with Gasteiger partial charge in [-0.05, 0) is 33.3 Å². The number of hydrogen-bond donors (Lipinski definition) is 1. The Bertz CT molecular complexity index is 666. The fourth-order valence-electron chi connectivity index (χ4n) is 2.83. The van der Waals surface area contributed by atoms with Crippen LogP contribution in [0.3, 0.4) is 0 Å². The molecular weight excluding hydrogens is 368 g/mol. The van der Waals surface area contributed by atoms with Gasteiger partial charge in [-0.15, -0.1) is 0 Å². The van der Waals surface area contributed by atoms with Gasteiger partial charge in [0.25, 0.3) is 0 Å². The van der Waals surface area contributed by atoms with Gasteiger partial charge in [-0.2, -0.15) is 20.5 Å². The SMILES string of the molecule is CN(C)Cc1ccc(CSCCNc2nsnc2N2CCN(C)CC2)o1. The zero-order valence-corrected chi connectivity index (χ0v) is 17.4. The van der Waals surface area contributed by atoms with Crippen LogP contribution in [0.25, 0.3) is 0 Å². The second-order valence-electron chi connectivity index (χ2n) is 6.81. The van der Waals surface area contributed by atoms with E-state index in [1.165, 1.54) is 11.7 Å². The van der Waals surface area contributed by atoms with Crippen molar-refractivity contribution >= 4 is 35.1 Å². The summed E-state index contributed by atoms with van der Waals surface area (Å²) >= 11 is 3.15. The summed E-state index contributed by atoms with van der Waals surface area (Å²) in [5.41, 5.74) is 0. The molecule has 1 N–H and O–H groups in total. The molecule has 2 aromatic heterocycles. The van der Waals surface area contributed by atoms with Gasteiger partial charge in [0.15, 0.2) is 11.6 Å². The first-order chi connectivity index (χ1) is 12.6. The van der Waals surface area contributed by atoms with Crippen molar-refractivity contribution in [2.24, 2.45) is 0 Å². The molecule has 0 amide bonds. The van der Waals surface area contributed by atoms with Crippen molar-refractivity contribution in [3.05, 3.63) is 23.7 Å². The molecule has 26 heavy (non-hydrogen) atoms. The summed E-state index contributed by atoms with van der Waals surface area (Å²) in [4.78, 5) is 6.78. The van der Waals surface area contributed by atoms with Crippen LogP contribution in [0.15, 0.2) is 16.5 Å².